The summed E-state index contributed by atoms with van der Waals surface area (Å²) in [6, 6.07) is 0. The first kappa shape index (κ1) is 9.59. The zero-order valence-corrected chi connectivity index (χ0v) is 8.88. The Morgan fingerprint density at radius 2 is 2.29 bits per heavy atom. The lowest BCUT2D eigenvalue weighted by Crippen LogP contribution is -2.15. The van der Waals surface area contributed by atoms with E-state index in [9.17, 15) is 0 Å². The molecule has 2 rings (SSSR count). The Balaban J connectivity index is 2.16. The Hall–Kier alpha value is -0.960. The van der Waals surface area contributed by atoms with E-state index in [1.165, 1.54) is 24.8 Å². The van der Waals surface area contributed by atoms with E-state index in [0.29, 0.717) is 5.92 Å². The molecule has 0 saturated heterocycles. The summed E-state index contributed by atoms with van der Waals surface area (Å²) in [7, 11) is 1.94. The van der Waals surface area contributed by atoms with Crippen LogP contribution in [-0.4, -0.2) is 17.0 Å². The van der Waals surface area contributed by atoms with Gasteiger partial charge in [0.2, 0.25) is 0 Å². The van der Waals surface area contributed by atoms with Gasteiger partial charge < -0.3 is 5.32 Å². The number of nitrogens with one attached hydrogen (secondary N) is 1. The maximum atomic E-state index is 4.56. The van der Waals surface area contributed by atoms with Crippen LogP contribution in [0.15, 0.2) is 6.20 Å². The molecule has 3 nitrogen and oxygen atoms in total. The van der Waals surface area contributed by atoms with Crippen LogP contribution in [0.3, 0.4) is 0 Å². The highest BCUT2D eigenvalue weighted by atomic mass is 14.9. The van der Waals surface area contributed by atoms with Crippen molar-refractivity contribution in [1.82, 2.24) is 15.3 Å². The molecule has 0 radical (unpaired) electrons. The molecule has 0 bridgehead atoms. The first-order chi connectivity index (χ1) is 6.81. The smallest absolute Gasteiger partial charge is 0.131 e. The molecule has 1 aromatic rings. The van der Waals surface area contributed by atoms with Gasteiger partial charge in [-0.2, -0.15) is 0 Å². The molecule has 3 heteroatoms. The first-order valence-electron chi connectivity index (χ1n) is 5.28. The zero-order valence-electron chi connectivity index (χ0n) is 8.88. The summed E-state index contributed by atoms with van der Waals surface area (Å²) >= 11 is 0. The van der Waals surface area contributed by atoms with Crippen molar-refractivity contribution in [3.63, 3.8) is 0 Å². The van der Waals surface area contributed by atoms with E-state index in [1.54, 1.807) is 0 Å². The maximum Gasteiger partial charge on any atom is 0.131 e. The lowest BCUT2D eigenvalue weighted by Gasteiger charge is -2.24. The predicted molar refractivity (Wildman–Crippen MR) is 56.1 cm³/mol. The molecule has 0 aliphatic heterocycles. The third-order valence-corrected chi connectivity index (χ3v) is 2.94. The van der Waals surface area contributed by atoms with Crippen LogP contribution in [0, 0.1) is 6.92 Å². The average Bonchev–Trinajstić information content (AvgIpc) is 2.07. The standard InChI is InChI=1S/C11H17N3/c1-8-10(6-12-2)7-13-11(14-8)9-4-3-5-9/h7,9,12H,3-6H2,1-2H3. The van der Waals surface area contributed by atoms with Crippen LogP contribution >= 0.6 is 0 Å². The summed E-state index contributed by atoms with van der Waals surface area (Å²) in [4.78, 5) is 8.99. The summed E-state index contributed by atoms with van der Waals surface area (Å²) < 4.78 is 0. The highest BCUT2D eigenvalue weighted by Crippen LogP contribution is 2.34. The van der Waals surface area contributed by atoms with Crippen molar-refractivity contribution in [2.24, 2.45) is 0 Å². The van der Waals surface area contributed by atoms with E-state index in [4.69, 9.17) is 0 Å². The highest BCUT2D eigenvalue weighted by Gasteiger charge is 2.22. The van der Waals surface area contributed by atoms with Gasteiger partial charge in [-0.1, -0.05) is 6.42 Å². The summed E-state index contributed by atoms with van der Waals surface area (Å²) in [5, 5.41) is 3.12. The van der Waals surface area contributed by atoms with Gasteiger partial charge in [-0.05, 0) is 26.8 Å². The first-order valence-corrected chi connectivity index (χ1v) is 5.28. The van der Waals surface area contributed by atoms with Crippen molar-refractivity contribution in [2.45, 2.75) is 38.6 Å². The Kier molecular flexibility index (Phi) is 2.77. The molecule has 1 heterocycles. The number of nitrogens with zero attached hydrogens (tertiary/aromatic N) is 2. The van der Waals surface area contributed by atoms with Gasteiger partial charge in [-0.3, -0.25) is 0 Å². The van der Waals surface area contributed by atoms with Crippen LogP contribution in [0.2, 0.25) is 0 Å². The highest BCUT2D eigenvalue weighted by molar-refractivity contribution is 5.17. The summed E-state index contributed by atoms with van der Waals surface area (Å²) in [5.74, 6) is 1.69. The number of aryl methyl sites for hydroxylation is 1. The predicted octanol–water partition coefficient (Wildman–Crippen LogP) is 1.77. The minimum Gasteiger partial charge on any atom is -0.316 e. The van der Waals surface area contributed by atoms with Crippen molar-refractivity contribution in [3.05, 3.63) is 23.3 Å². The molecule has 0 unspecified atom stereocenters. The fourth-order valence-corrected chi connectivity index (χ4v) is 1.74. The van der Waals surface area contributed by atoms with Gasteiger partial charge in [-0.25, -0.2) is 9.97 Å². The Labute approximate surface area is 85.0 Å². The summed E-state index contributed by atoms with van der Waals surface area (Å²) in [6.45, 7) is 2.92. The second-order valence-electron chi connectivity index (χ2n) is 4.00. The van der Waals surface area contributed by atoms with Gasteiger partial charge in [0, 0.05) is 29.9 Å². The quantitative estimate of drug-likeness (QED) is 0.791. The third-order valence-electron chi connectivity index (χ3n) is 2.94. The van der Waals surface area contributed by atoms with Gasteiger partial charge in [0.15, 0.2) is 0 Å². The monoisotopic (exact) mass is 191 g/mol. The second kappa shape index (κ2) is 4.05. The number of hydrogen-bond donors (Lipinski definition) is 1. The van der Waals surface area contributed by atoms with Crippen LogP contribution < -0.4 is 5.32 Å². The van der Waals surface area contributed by atoms with Gasteiger partial charge in [0.05, 0.1) is 0 Å². The zero-order chi connectivity index (χ0) is 9.97. The Morgan fingerprint density at radius 3 is 2.79 bits per heavy atom. The molecule has 1 N–H and O–H groups in total. The minimum absolute atomic E-state index is 0.636. The topological polar surface area (TPSA) is 37.8 Å². The SMILES string of the molecule is CNCc1cnc(C2CCC2)nc1C. The van der Waals surface area contributed by atoms with Crippen LogP contribution in [0.25, 0.3) is 0 Å². The molecule has 1 fully saturated rings. The number of aromatic nitrogens is 2. The third kappa shape index (κ3) is 1.77. The fourth-order valence-electron chi connectivity index (χ4n) is 1.74. The lowest BCUT2D eigenvalue weighted by molar-refractivity contribution is 0.400. The Morgan fingerprint density at radius 1 is 1.50 bits per heavy atom. The van der Waals surface area contributed by atoms with Crippen molar-refractivity contribution >= 4 is 0 Å². The molecule has 1 saturated carbocycles. The van der Waals surface area contributed by atoms with Crippen LogP contribution in [-0.2, 0) is 6.54 Å². The molecule has 0 aromatic carbocycles. The minimum atomic E-state index is 0.636. The number of rotatable bonds is 3. The molecule has 76 valence electrons. The molecule has 1 aliphatic rings. The van der Waals surface area contributed by atoms with E-state index >= 15 is 0 Å². The summed E-state index contributed by atoms with van der Waals surface area (Å²) in [6.07, 6.45) is 5.84. The van der Waals surface area contributed by atoms with E-state index in [0.717, 1.165) is 18.1 Å². The summed E-state index contributed by atoms with van der Waals surface area (Å²) in [5.41, 5.74) is 2.33. The van der Waals surface area contributed by atoms with E-state index in [-0.39, 0.29) is 0 Å². The second-order valence-corrected chi connectivity index (χ2v) is 4.00. The molecule has 0 spiro atoms. The molecular formula is C11H17N3. The van der Waals surface area contributed by atoms with Crippen molar-refractivity contribution in [3.8, 4) is 0 Å². The lowest BCUT2D eigenvalue weighted by atomic mass is 9.85. The van der Waals surface area contributed by atoms with Crippen molar-refractivity contribution in [2.75, 3.05) is 7.05 Å². The molecule has 0 atom stereocenters. The van der Waals surface area contributed by atoms with E-state index in [2.05, 4.69) is 22.2 Å². The van der Waals surface area contributed by atoms with Crippen LogP contribution in [0.4, 0.5) is 0 Å². The van der Waals surface area contributed by atoms with Gasteiger partial charge in [-0.15, -0.1) is 0 Å². The van der Waals surface area contributed by atoms with Crippen molar-refractivity contribution < 1.29 is 0 Å². The normalized spacial score (nSPS) is 16.7. The molecule has 1 aliphatic carbocycles. The molecule has 14 heavy (non-hydrogen) atoms. The Bertz CT molecular complexity index is 318. The molecular weight excluding hydrogens is 174 g/mol. The average molecular weight is 191 g/mol. The largest absolute Gasteiger partial charge is 0.316 e. The maximum absolute atomic E-state index is 4.56. The number of hydrogen-bond acceptors (Lipinski definition) is 3. The molecule has 1 aromatic heterocycles. The van der Waals surface area contributed by atoms with Crippen LogP contribution in [0.5, 0.6) is 0 Å². The van der Waals surface area contributed by atoms with E-state index in [1.807, 2.05) is 13.2 Å². The van der Waals surface area contributed by atoms with Gasteiger partial charge in [0.25, 0.3) is 0 Å². The van der Waals surface area contributed by atoms with Crippen LogP contribution in [0.1, 0.15) is 42.3 Å². The van der Waals surface area contributed by atoms with Gasteiger partial charge >= 0.3 is 0 Å². The van der Waals surface area contributed by atoms with Gasteiger partial charge in [0.1, 0.15) is 5.82 Å². The van der Waals surface area contributed by atoms with Crippen molar-refractivity contribution in [1.29, 1.82) is 0 Å². The molecule has 0 amide bonds. The fraction of sp³-hybridized carbons (Fsp3) is 0.636. The van der Waals surface area contributed by atoms with E-state index < -0.39 is 0 Å².